The predicted molar refractivity (Wildman–Crippen MR) is 87.7 cm³/mol. The molecule has 122 valence electrons. The molecule has 2 aromatic rings. The molecule has 0 saturated carbocycles. The van der Waals surface area contributed by atoms with Crippen LogP contribution < -0.4 is 5.32 Å². The van der Waals surface area contributed by atoms with Gasteiger partial charge in [-0.1, -0.05) is 37.3 Å². The number of carbonyl (C=O) groups is 1. The third-order valence-electron chi connectivity index (χ3n) is 4.21. The van der Waals surface area contributed by atoms with Crippen LogP contribution in [0.15, 0.2) is 42.7 Å². The second-order valence-electron chi connectivity index (χ2n) is 6.14. The number of nitrogens with zero attached hydrogens (tertiary/aromatic N) is 2. The van der Waals surface area contributed by atoms with E-state index in [4.69, 9.17) is 4.74 Å². The Morgan fingerprint density at radius 2 is 2.26 bits per heavy atom. The highest BCUT2D eigenvalue weighted by Crippen LogP contribution is 2.13. The van der Waals surface area contributed by atoms with Crippen molar-refractivity contribution in [3.8, 4) is 0 Å². The van der Waals surface area contributed by atoms with E-state index in [0.717, 1.165) is 30.8 Å². The Balaban J connectivity index is 1.41. The Kier molecular flexibility index (Phi) is 5.08. The van der Waals surface area contributed by atoms with Crippen molar-refractivity contribution in [3.05, 3.63) is 54.1 Å². The Morgan fingerprint density at radius 1 is 1.43 bits per heavy atom. The Hall–Kier alpha value is -2.14. The van der Waals surface area contributed by atoms with Crippen molar-refractivity contribution in [2.45, 2.75) is 39.0 Å². The molecule has 0 fully saturated rings. The van der Waals surface area contributed by atoms with Crippen molar-refractivity contribution in [2.75, 3.05) is 6.61 Å². The quantitative estimate of drug-likeness (QED) is 0.889. The monoisotopic (exact) mass is 313 g/mol. The minimum Gasteiger partial charge on any atom is -0.376 e. The van der Waals surface area contributed by atoms with Crippen LogP contribution in [-0.4, -0.2) is 28.1 Å². The third-order valence-corrected chi connectivity index (χ3v) is 4.21. The van der Waals surface area contributed by atoms with Gasteiger partial charge in [0, 0.05) is 31.4 Å². The highest BCUT2D eigenvalue weighted by atomic mass is 16.5. The number of nitrogens with one attached hydrogen (secondary N) is 1. The molecule has 1 aliphatic heterocycles. The van der Waals surface area contributed by atoms with Crippen molar-refractivity contribution in [1.29, 1.82) is 0 Å². The highest BCUT2D eigenvalue weighted by Gasteiger charge is 2.22. The largest absolute Gasteiger partial charge is 0.376 e. The van der Waals surface area contributed by atoms with Gasteiger partial charge < -0.3 is 14.6 Å². The first-order chi connectivity index (χ1) is 11.2. The number of carbonyl (C=O) groups excluding carboxylic acids is 1. The van der Waals surface area contributed by atoms with Crippen LogP contribution in [0.3, 0.4) is 0 Å². The Labute approximate surface area is 136 Å². The van der Waals surface area contributed by atoms with Gasteiger partial charge in [-0.3, -0.25) is 4.79 Å². The zero-order valence-corrected chi connectivity index (χ0v) is 13.4. The molecule has 0 saturated heterocycles. The summed E-state index contributed by atoms with van der Waals surface area (Å²) in [5.41, 5.74) is 1.13. The van der Waals surface area contributed by atoms with Gasteiger partial charge in [0.15, 0.2) is 0 Å². The fraction of sp³-hybridized carbons (Fsp3) is 0.444. The van der Waals surface area contributed by atoms with E-state index in [0.29, 0.717) is 13.2 Å². The molecule has 1 N–H and O–H groups in total. The van der Waals surface area contributed by atoms with E-state index >= 15 is 0 Å². The maximum atomic E-state index is 12.3. The second-order valence-corrected chi connectivity index (χ2v) is 6.14. The minimum absolute atomic E-state index is 0.0617. The van der Waals surface area contributed by atoms with E-state index < -0.39 is 0 Å². The maximum Gasteiger partial charge on any atom is 0.225 e. The molecule has 0 radical (unpaired) electrons. The average molecular weight is 313 g/mol. The Morgan fingerprint density at radius 3 is 3.09 bits per heavy atom. The number of hydrogen-bond acceptors (Lipinski definition) is 3. The SMILES string of the molecule is C[C@@H](COCc1ccccc1)C(=O)N[C@H]1CCc2nccn2C1. The summed E-state index contributed by atoms with van der Waals surface area (Å²) in [6.07, 6.45) is 5.65. The van der Waals surface area contributed by atoms with Crippen LogP contribution in [-0.2, 0) is 29.1 Å². The van der Waals surface area contributed by atoms with Gasteiger partial charge in [-0.2, -0.15) is 0 Å². The lowest BCUT2D eigenvalue weighted by molar-refractivity contribution is -0.127. The molecule has 3 rings (SSSR count). The summed E-state index contributed by atoms with van der Waals surface area (Å²) in [5.74, 6) is 1.02. The topological polar surface area (TPSA) is 56.1 Å². The molecule has 1 aromatic carbocycles. The van der Waals surface area contributed by atoms with E-state index in [1.54, 1.807) is 0 Å². The fourth-order valence-electron chi connectivity index (χ4n) is 2.83. The minimum atomic E-state index is -0.150. The molecule has 1 aliphatic rings. The molecular formula is C18H23N3O2. The van der Waals surface area contributed by atoms with Crippen molar-refractivity contribution < 1.29 is 9.53 Å². The predicted octanol–water partition coefficient (Wildman–Crippen LogP) is 2.17. The molecule has 23 heavy (non-hydrogen) atoms. The normalized spacial score (nSPS) is 18.2. The number of rotatable bonds is 6. The number of fused-ring (bicyclic) bond motifs is 1. The molecule has 5 heteroatoms. The van der Waals surface area contributed by atoms with Crippen LogP contribution >= 0.6 is 0 Å². The number of aromatic nitrogens is 2. The van der Waals surface area contributed by atoms with Gasteiger partial charge in [-0.05, 0) is 12.0 Å². The van der Waals surface area contributed by atoms with Crippen LogP contribution in [0, 0.1) is 5.92 Å². The van der Waals surface area contributed by atoms with Crippen molar-refractivity contribution in [1.82, 2.24) is 14.9 Å². The van der Waals surface area contributed by atoms with Crippen LogP contribution in [0.5, 0.6) is 0 Å². The highest BCUT2D eigenvalue weighted by molar-refractivity contribution is 5.78. The van der Waals surface area contributed by atoms with Crippen molar-refractivity contribution in [2.24, 2.45) is 5.92 Å². The average Bonchev–Trinajstić information content (AvgIpc) is 3.03. The van der Waals surface area contributed by atoms with E-state index in [2.05, 4.69) is 14.9 Å². The lowest BCUT2D eigenvalue weighted by Crippen LogP contribution is -2.43. The number of aryl methyl sites for hydroxylation is 1. The standard InChI is InChI=1S/C18H23N3O2/c1-14(12-23-13-15-5-3-2-4-6-15)18(22)20-16-7-8-17-19-9-10-21(17)11-16/h2-6,9-10,14,16H,7-8,11-13H2,1H3,(H,20,22)/t14-,16-/m0/s1. The first-order valence-electron chi connectivity index (χ1n) is 8.14. The maximum absolute atomic E-state index is 12.3. The first kappa shape index (κ1) is 15.7. The van der Waals surface area contributed by atoms with Crippen molar-refractivity contribution >= 4 is 5.91 Å². The van der Waals surface area contributed by atoms with Gasteiger partial charge in [0.05, 0.1) is 19.1 Å². The summed E-state index contributed by atoms with van der Waals surface area (Å²) in [6, 6.07) is 10.2. The van der Waals surface area contributed by atoms with Gasteiger partial charge in [0.25, 0.3) is 0 Å². The van der Waals surface area contributed by atoms with Gasteiger partial charge >= 0.3 is 0 Å². The lowest BCUT2D eigenvalue weighted by atomic mass is 10.1. The van der Waals surface area contributed by atoms with Crippen molar-refractivity contribution in [3.63, 3.8) is 0 Å². The molecule has 1 amide bonds. The van der Waals surface area contributed by atoms with Gasteiger partial charge in [0.2, 0.25) is 5.91 Å². The summed E-state index contributed by atoms with van der Waals surface area (Å²) >= 11 is 0. The van der Waals surface area contributed by atoms with Gasteiger partial charge in [0.1, 0.15) is 5.82 Å². The number of amides is 1. The van der Waals surface area contributed by atoms with Crippen LogP contribution in [0.4, 0.5) is 0 Å². The summed E-state index contributed by atoms with van der Waals surface area (Å²) in [4.78, 5) is 16.6. The summed E-state index contributed by atoms with van der Waals surface area (Å²) in [5, 5.41) is 3.13. The lowest BCUT2D eigenvalue weighted by Gasteiger charge is -2.26. The van der Waals surface area contributed by atoms with Crippen LogP contribution in [0.25, 0.3) is 0 Å². The molecule has 2 atom stereocenters. The van der Waals surface area contributed by atoms with E-state index in [1.165, 1.54) is 0 Å². The van der Waals surface area contributed by atoms with Gasteiger partial charge in [-0.15, -0.1) is 0 Å². The molecule has 1 aromatic heterocycles. The number of imidazole rings is 1. The zero-order chi connectivity index (χ0) is 16.1. The second kappa shape index (κ2) is 7.42. The van der Waals surface area contributed by atoms with E-state index in [-0.39, 0.29) is 17.9 Å². The molecule has 5 nitrogen and oxygen atoms in total. The van der Waals surface area contributed by atoms with E-state index in [9.17, 15) is 4.79 Å². The molecule has 0 bridgehead atoms. The molecule has 0 unspecified atom stereocenters. The van der Waals surface area contributed by atoms with E-state index in [1.807, 2.05) is 49.6 Å². The molecule has 0 aliphatic carbocycles. The molecule has 2 heterocycles. The van der Waals surface area contributed by atoms with Crippen LogP contribution in [0.1, 0.15) is 24.7 Å². The summed E-state index contributed by atoms with van der Waals surface area (Å²) in [7, 11) is 0. The van der Waals surface area contributed by atoms with Crippen LogP contribution in [0.2, 0.25) is 0 Å². The number of ether oxygens (including phenoxy) is 1. The first-order valence-corrected chi connectivity index (χ1v) is 8.14. The summed E-state index contributed by atoms with van der Waals surface area (Å²) < 4.78 is 7.78. The Bertz CT molecular complexity index is 639. The molecule has 0 spiro atoms. The smallest absolute Gasteiger partial charge is 0.225 e. The number of benzene rings is 1. The summed E-state index contributed by atoms with van der Waals surface area (Å²) in [6.45, 7) is 3.69. The van der Waals surface area contributed by atoms with Gasteiger partial charge in [-0.25, -0.2) is 4.98 Å². The zero-order valence-electron chi connectivity index (χ0n) is 13.4. The fourth-order valence-corrected chi connectivity index (χ4v) is 2.83. The third kappa shape index (κ3) is 4.20. The number of hydrogen-bond donors (Lipinski definition) is 1. The molecular weight excluding hydrogens is 290 g/mol.